The third-order valence-electron chi connectivity index (χ3n) is 5.61. The molecule has 1 aromatic carbocycles. The van der Waals surface area contributed by atoms with Crippen LogP contribution in [0.1, 0.15) is 39.0 Å². The first-order chi connectivity index (χ1) is 13.6. The van der Waals surface area contributed by atoms with E-state index in [9.17, 15) is 9.18 Å². The molecule has 2 saturated carbocycles. The number of hydrazone groups is 1. The van der Waals surface area contributed by atoms with E-state index in [1.165, 1.54) is 49.6 Å². The summed E-state index contributed by atoms with van der Waals surface area (Å²) >= 11 is 0. The van der Waals surface area contributed by atoms with E-state index in [1.54, 1.807) is 6.92 Å². The predicted molar refractivity (Wildman–Crippen MR) is 112 cm³/mol. The summed E-state index contributed by atoms with van der Waals surface area (Å²) in [5.41, 5.74) is 3.00. The molecule has 1 heterocycles. The van der Waals surface area contributed by atoms with Gasteiger partial charge in [-0.15, -0.1) is 0 Å². The summed E-state index contributed by atoms with van der Waals surface area (Å²) in [5.74, 6) is 0.380. The topological polar surface area (TPSA) is 44.7 Å². The van der Waals surface area contributed by atoms with Crippen LogP contribution >= 0.6 is 0 Å². The molecule has 3 aliphatic rings. The van der Waals surface area contributed by atoms with Gasteiger partial charge in [-0.25, -0.2) is 4.39 Å². The van der Waals surface area contributed by atoms with Crippen molar-refractivity contribution in [2.75, 3.05) is 10.3 Å². The van der Waals surface area contributed by atoms with Crippen LogP contribution in [0.5, 0.6) is 0 Å². The normalized spacial score (nSPS) is 22.9. The maximum atomic E-state index is 13.9. The SMILES string of the molecule is C=C/C=C(C(=O)Nc1ccc(N2N=C(C3CC3)CC2C2CC2)cc1)\C(F)=C/C. The Morgan fingerprint density at radius 1 is 1.25 bits per heavy atom. The number of benzene rings is 1. The maximum Gasteiger partial charge on any atom is 0.258 e. The van der Waals surface area contributed by atoms with E-state index in [2.05, 4.69) is 16.9 Å². The molecule has 1 unspecified atom stereocenters. The van der Waals surface area contributed by atoms with Crippen LogP contribution in [0.4, 0.5) is 15.8 Å². The van der Waals surface area contributed by atoms with Gasteiger partial charge in [-0.2, -0.15) is 5.10 Å². The van der Waals surface area contributed by atoms with Crippen LogP contribution in [-0.2, 0) is 4.79 Å². The van der Waals surface area contributed by atoms with Gasteiger partial charge in [-0.1, -0.05) is 18.7 Å². The first-order valence-electron chi connectivity index (χ1n) is 10.0. The molecular weight excluding hydrogens is 353 g/mol. The van der Waals surface area contributed by atoms with E-state index in [-0.39, 0.29) is 5.57 Å². The number of rotatable bonds is 7. The number of carbonyl (C=O) groups is 1. The molecule has 4 nitrogen and oxygen atoms in total. The highest BCUT2D eigenvalue weighted by atomic mass is 19.1. The van der Waals surface area contributed by atoms with Crippen molar-refractivity contribution >= 4 is 23.0 Å². The number of amides is 1. The number of nitrogens with zero attached hydrogens (tertiary/aromatic N) is 2. The lowest BCUT2D eigenvalue weighted by molar-refractivity contribution is -0.112. The van der Waals surface area contributed by atoms with Gasteiger partial charge in [-0.05, 0) is 74.8 Å². The molecule has 0 bridgehead atoms. The van der Waals surface area contributed by atoms with E-state index < -0.39 is 11.7 Å². The number of hydrogen-bond acceptors (Lipinski definition) is 3. The van der Waals surface area contributed by atoms with Gasteiger partial charge in [0, 0.05) is 17.8 Å². The van der Waals surface area contributed by atoms with E-state index >= 15 is 0 Å². The number of anilines is 2. The fraction of sp³-hybridized carbons (Fsp3) is 0.391. The highest BCUT2D eigenvalue weighted by Gasteiger charge is 2.43. The van der Waals surface area contributed by atoms with Gasteiger partial charge in [0.25, 0.3) is 5.91 Å². The second-order valence-corrected chi connectivity index (χ2v) is 7.77. The van der Waals surface area contributed by atoms with Gasteiger partial charge in [-0.3, -0.25) is 9.80 Å². The minimum atomic E-state index is -0.569. The minimum absolute atomic E-state index is 0.0337. The lowest BCUT2D eigenvalue weighted by Gasteiger charge is -2.23. The van der Waals surface area contributed by atoms with Crippen molar-refractivity contribution in [3.8, 4) is 0 Å². The van der Waals surface area contributed by atoms with Gasteiger partial charge < -0.3 is 5.32 Å². The van der Waals surface area contributed by atoms with E-state index in [0.717, 1.165) is 18.0 Å². The highest BCUT2D eigenvalue weighted by Crippen LogP contribution is 2.45. The van der Waals surface area contributed by atoms with Crippen LogP contribution in [-0.4, -0.2) is 17.7 Å². The molecule has 146 valence electrons. The fourth-order valence-electron chi connectivity index (χ4n) is 3.75. The Labute approximate surface area is 165 Å². The highest BCUT2D eigenvalue weighted by molar-refractivity contribution is 6.06. The second-order valence-electron chi connectivity index (χ2n) is 7.77. The average Bonchev–Trinajstić information content (AvgIpc) is 3.64. The molecule has 0 aromatic heterocycles. The molecule has 1 atom stereocenters. The molecule has 0 saturated heterocycles. The Bertz CT molecular complexity index is 860. The molecule has 1 aromatic rings. The van der Waals surface area contributed by atoms with Crippen molar-refractivity contribution < 1.29 is 9.18 Å². The van der Waals surface area contributed by atoms with Crippen molar-refractivity contribution in [3.05, 3.63) is 60.5 Å². The molecule has 0 radical (unpaired) electrons. The fourth-order valence-corrected chi connectivity index (χ4v) is 3.75. The molecule has 2 aliphatic carbocycles. The first kappa shape index (κ1) is 18.7. The molecule has 1 N–H and O–H groups in total. The summed E-state index contributed by atoms with van der Waals surface area (Å²) in [5, 5.41) is 9.86. The van der Waals surface area contributed by atoms with Crippen LogP contribution in [0.25, 0.3) is 0 Å². The van der Waals surface area contributed by atoms with Gasteiger partial charge >= 0.3 is 0 Å². The van der Waals surface area contributed by atoms with Gasteiger partial charge in [0.1, 0.15) is 5.83 Å². The molecule has 5 heteroatoms. The number of carbonyl (C=O) groups excluding carboxylic acids is 1. The number of nitrogens with one attached hydrogen (secondary N) is 1. The zero-order chi connectivity index (χ0) is 19.7. The van der Waals surface area contributed by atoms with Crippen LogP contribution in [0.3, 0.4) is 0 Å². The quantitative estimate of drug-likeness (QED) is 0.512. The van der Waals surface area contributed by atoms with Crippen LogP contribution < -0.4 is 10.3 Å². The van der Waals surface area contributed by atoms with Crippen molar-refractivity contribution in [1.82, 2.24) is 0 Å². The van der Waals surface area contributed by atoms with Crippen molar-refractivity contribution in [2.45, 2.75) is 45.1 Å². The Hall–Kier alpha value is -2.69. The summed E-state index contributed by atoms with van der Waals surface area (Å²) in [6.45, 7) is 5.10. The zero-order valence-electron chi connectivity index (χ0n) is 16.2. The standard InChI is InChI=1S/C23H26FN3O/c1-3-5-19(20(24)4-2)23(28)25-17-10-12-18(13-11-17)27-22(16-8-9-16)14-21(26-27)15-6-7-15/h3-5,10-13,15-16,22H,1,6-9,14H2,2H3,(H,25,28)/b19-5+,20-4+. The third kappa shape index (κ3) is 3.93. The predicted octanol–water partition coefficient (Wildman–Crippen LogP) is 5.37. The maximum absolute atomic E-state index is 13.9. The largest absolute Gasteiger partial charge is 0.322 e. The molecule has 2 fully saturated rings. The van der Waals surface area contributed by atoms with Gasteiger partial charge in [0.05, 0.1) is 17.3 Å². The van der Waals surface area contributed by atoms with Crippen LogP contribution in [0.15, 0.2) is 65.6 Å². The Morgan fingerprint density at radius 3 is 2.54 bits per heavy atom. The third-order valence-corrected chi connectivity index (χ3v) is 5.61. The summed E-state index contributed by atoms with van der Waals surface area (Å²) < 4.78 is 13.9. The molecule has 28 heavy (non-hydrogen) atoms. The summed E-state index contributed by atoms with van der Waals surface area (Å²) in [6.07, 6.45) is 10.3. The van der Waals surface area contributed by atoms with Crippen LogP contribution in [0, 0.1) is 11.8 Å². The molecule has 1 aliphatic heterocycles. The smallest absolute Gasteiger partial charge is 0.258 e. The summed E-state index contributed by atoms with van der Waals surface area (Å²) in [6, 6.07) is 8.13. The molecule has 0 spiro atoms. The number of halogens is 1. The second kappa shape index (κ2) is 7.74. The Morgan fingerprint density at radius 2 is 1.96 bits per heavy atom. The monoisotopic (exact) mass is 379 g/mol. The molecule has 4 rings (SSSR count). The van der Waals surface area contributed by atoms with Gasteiger partial charge in [0.15, 0.2) is 0 Å². The van der Waals surface area contributed by atoms with Crippen molar-refractivity contribution in [3.63, 3.8) is 0 Å². The lowest BCUT2D eigenvalue weighted by atomic mass is 10.0. The summed E-state index contributed by atoms with van der Waals surface area (Å²) in [4.78, 5) is 12.4. The van der Waals surface area contributed by atoms with E-state index in [1.807, 2.05) is 24.3 Å². The Kier molecular flexibility index (Phi) is 5.16. The first-order valence-corrected chi connectivity index (χ1v) is 10.0. The van der Waals surface area contributed by atoms with Crippen molar-refractivity contribution in [1.29, 1.82) is 0 Å². The van der Waals surface area contributed by atoms with Crippen molar-refractivity contribution in [2.24, 2.45) is 16.9 Å². The average molecular weight is 379 g/mol. The lowest BCUT2D eigenvalue weighted by Crippen LogP contribution is -2.28. The zero-order valence-corrected chi connectivity index (χ0v) is 16.2. The minimum Gasteiger partial charge on any atom is -0.322 e. The Balaban J connectivity index is 1.48. The van der Waals surface area contributed by atoms with Crippen LogP contribution in [0.2, 0.25) is 0 Å². The molecule has 1 amide bonds. The number of allylic oxidation sites excluding steroid dienone is 3. The molecular formula is C23H26FN3O. The van der Waals surface area contributed by atoms with E-state index in [4.69, 9.17) is 5.10 Å². The van der Waals surface area contributed by atoms with Gasteiger partial charge in [0.2, 0.25) is 0 Å². The number of hydrogen-bond donors (Lipinski definition) is 1. The van der Waals surface area contributed by atoms with E-state index in [0.29, 0.717) is 17.6 Å². The summed E-state index contributed by atoms with van der Waals surface area (Å²) in [7, 11) is 0.